The molecule has 1 aliphatic heterocycles. The number of aryl methyl sites for hydroxylation is 1. The topological polar surface area (TPSA) is 84.7 Å². The fraction of sp³-hybridized carbons (Fsp3) is 0.600. The summed E-state index contributed by atoms with van der Waals surface area (Å²) in [4.78, 5) is 16.4. The van der Waals surface area contributed by atoms with E-state index < -0.39 is 0 Å². The fourth-order valence-electron chi connectivity index (χ4n) is 2.84. The third-order valence-corrected chi connectivity index (χ3v) is 5.30. The highest BCUT2D eigenvalue weighted by molar-refractivity contribution is 7.09. The van der Waals surface area contributed by atoms with Crippen molar-refractivity contribution in [3.8, 4) is 0 Å². The molecule has 4 rings (SSSR count). The molecule has 1 aliphatic carbocycles. The van der Waals surface area contributed by atoms with Crippen molar-refractivity contribution in [1.82, 2.24) is 30.4 Å². The molecule has 0 bridgehead atoms. The van der Waals surface area contributed by atoms with Crippen LogP contribution in [0, 0.1) is 0 Å². The highest BCUT2D eigenvalue weighted by Gasteiger charge is 2.26. The van der Waals surface area contributed by atoms with Crippen LogP contribution in [0.2, 0.25) is 0 Å². The Balaban J connectivity index is 1.19. The third-order valence-electron chi connectivity index (χ3n) is 4.25. The van der Waals surface area contributed by atoms with Gasteiger partial charge in [0.2, 0.25) is 0 Å². The highest BCUT2D eigenvalue weighted by Crippen LogP contribution is 2.41. The van der Waals surface area contributed by atoms with Crippen molar-refractivity contribution < 1.29 is 4.79 Å². The average Bonchev–Trinajstić information content (AvgIpc) is 2.98. The van der Waals surface area contributed by atoms with Gasteiger partial charge in [0.05, 0.1) is 17.2 Å². The van der Waals surface area contributed by atoms with E-state index in [0.29, 0.717) is 25.4 Å². The minimum Gasteiger partial charge on any atom is -0.338 e. The van der Waals surface area contributed by atoms with Gasteiger partial charge in [-0.15, -0.1) is 21.5 Å². The van der Waals surface area contributed by atoms with Crippen molar-refractivity contribution in [2.24, 2.45) is 0 Å². The summed E-state index contributed by atoms with van der Waals surface area (Å²) in [6.45, 7) is 2.04. The van der Waals surface area contributed by atoms with Crippen LogP contribution in [0.25, 0.3) is 0 Å². The van der Waals surface area contributed by atoms with Crippen LogP contribution in [-0.2, 0) is 25.9 Å². The zero-order valence-electron chi connectivity index (χ0n) is 12.9. The first-order valence-electron chi connectivity index (χ1n) is 8.16. The lowest BCUT2D eigenvalue weighted by Gasteiger charge is -2.06. The molecule has 0 saturated heterocycles. The average molecular weight is 332 g/mol. The van der Waals surface area contributed by atoms with E-state index in [1.165, 1.54) is 17.8 Å². The number of thiazole rings is 1. The van der Waals surface area contributed by atoms with Gasteiger partial charge in [0.25, 0.3) is 0 Å². The van der Waals surface area contributed by atoms with Gasteiger partial charge in [0.15, 0.2) is 0 Å². The Kier molecular flexibility index (Phi) is 3.99. The summed E-state index contributed by atoms with van der Waals surface area (Å²) < 4.78 is 2.16. The number of hydrogen-bond acceptors (Lipinski definition) is 5. The van der Waals surface area contributed by atoms with E-state index in [1.54, 1.807) is 11.3 Å². The molecule has 0 unspecified atom stereocenters. The summed E-state index contributed by atoms with van der Waals surface area (Å²) in [7, 11) is 0. The van der Waals surface area contributed by atoms with Gasteiger partial charge in [0, 0.05) is 37.2 Å². The summed E-state index contributed by atoms with van der Waals surface area (Å²) >= 11 is 1.70. The Labute approximate surface area is 138 Å². The summed E-state index contributed by atoms with van der Waals surface area (Å²) in [5.41, 5.74) is 0.947. The lowest BCUT2D eigenvalue weighted by Crippen LogP contribution is -2.36. The largest absolute Gasteiger partial charge is 0.338 e. The van der Waals surface area contributed by atoms with Crippen molar-refractivity contribution in [1.29, 1.82) is 0 Å². The molecule has 1 saturated carbocycles. The number of carbonyl (C=O) groups is 1. The van der Waals surface area contributed by atoms with Crippen molar-refractivity contribution >= 4 is 17.4 Å². The van der Waals surface area contributed by atoms with Gasteiger partial charge in [-0.05, 0) is 19.3 Å². The molecule has 0 spiro atoms. The number of carbonyl (C=O) groups excluding carboxylic acids is 1. The molecule has 0 radical (unpaired) electrons. The lowest BCUT2D eigenvalue weighted by atomic mass is 10.4. The van der Waals surface area contributed by atoms with E-state index in [9.17, 15) is 4.79 Å². The van der Waals surface area contributed by atoms with Crippen molar-refractivity contribution in [3.05, 3.63) is 27.7 Å². The van der Waals surface area contributed by atoms with Gasteiger partial charge in [0.1, 0.15) is 11.6 Å². The molecule has 23 heavy (non-hydrogen) atoms. The molecule has 2 amide bonds. The second-order valence-corrected chi connectivity index (χ2v) is 6.99. The van der Waals surface area contributed by atoms with Crippen LogP contribution in [0.5, 0.6) is 0 Å². The maximum absolute atomic E-state index is 11.8. The Bertz CT molecular complexity index is 705. The standard InChI is InChI=1S/C15H20N6OS/c22-15(17-8-11-9-23-14(18-11)10-3-4-10)16-6-5-13-20-19-12-2-1-7-21(12)13/h9-10H,1-8H2,(H2,16,17,22). The van der Waals surface area contributed by atoms with Gasteiger partial charge in [-0.25, -0.2) is 9.78 Å². The monoisotopic (exact) mass is 332 g/mol. The Hall–Kier alpha value is -1.96. The van der Waals surface area contributed by atoms with Gasteiger partial charge < -0.3 is 15.2 Å². The normalized spacial score (nSPS) is 16.3. The van der Waals surface area contributed by atoms with Crippen LogP contribution >= 0.6 is 11.3 Å². The minimum atomic E-state index is -0.160. The maximum atomic E-state index is 11.8. The van der Waals surface area contributed by atoms with Gasteiger partial charge >= 0.3 is 6.03 Å². The molecule has 2 aromatic heterocycles. The molecule has 0 aromatic carbocycles. The molecule has 2 N–H and O–H groups in total. The second-order valence-electron chi connectivity index (χ2n) is 6.10. The molecule has 8 heteroatoms. The number of aromatic nitrogens is 4. The van der Waals surface area contributed by atoms with Crippen molar-refractivity contribution in [3.63, 3.8) is 0 Å². The first kappa shape index (κ1) is 14.6. The number of hydrogen-bond donors (Lipinski definition) is 2. The molecular formula is C15H20N6OS. The number of urea groups is 1. The maximum Gasteiger partial charge on any atom is 0.315 e. The smallest absolute Gasteiger partial charge is 0.315 e. The van der Waals surface area contributed by atoms with Gasteiger partial charge in [-0.3, -0.25) is 0 Å². The van der Waals surface area contributed by atoms with Crippen LogP contribution in [0.3, 0.4) is 0 Å². The number of fused-ring (bicyclic) bond motifs is 1. The number of nitrogens with zero attached hydrogens (tertiary/aromatic N) is 4. The SMILES string of the molecule is O=C(NCCc1nnc2n1CCC2)NCc1csc(C2CC2)n1. The van der Waals surface area contributed by atoms with Crippen LogP contribution in [0.4, 0.5) is 4.79 Å². The number of nitrogens with one attached hydrogen (secondary N) is 2. The zero-order valence-corrected chi connectivity index (χ0v) is 13.7. The van der Waals surface area contributed by atoms with E-state index in [4.69, 9.17) is 0 Å². The molecule has 2 aromatic rings. The first-order valence-corrected chi connectivity index (χ1v) is 9.04. The predicted molar refractivity (Wildman–Crippen MR) is 86.4 cm³/mol. The molecule has 2 aliphatic rings. The number of rotatable bonds is 6. The first-order chi connectivity index (χ1) is 11.3. The zero-order chi connectivity index (χ0) is 15.6. The Morgan fingerprint density at radius 1 is 1.35 bits per heavy atom. The molecule has 0 atom stereocenters. The molecule has 122 valence electrons. The van der Waals surface area contributed by atoms with Crippen LogP contribution < -0.4 is 10.6 Å². The summed E-state index contributed by atoms with van der Waals surface area (Å²) in [6, 6.07) is -0.160. The molecular weight excluding hydrogens is 312 g/mol. The predicted octanol–water partition coefficient (Wildman–Crippen LogP) is 1.60. The fourth-order valence-corrected chi connectivity index (χ4v) is 3.83. The summed E-state index contributed by atoms with van der Waals surface area (Å²) in [6.07, 6.45) is 5.38. The van der Waals surface area contributed by atoms with E-state index in [1.807, 2.05) is 5.38 Å². The highest BCUT2D eigenvalue weighted by atomic mass is 32.1. The van der Waals surface area contributed by atoms with Gasteiger partial charge in [-0.1, -0.05) is 0 Å². The number of amides is 2. The van der Waals surface area contributed by atoms with Crippen molar-refractivity contribution in [2.75, 3.05) is 6.54 Å². The van der Waals surface area contributed by atoms with E-state index >= 15 is 0 Å². The molecule has 3 heterocycles. The second kappa shape index (κ2) is 6.27. The quantitative estimate of drug-likeness (QED) is 0.841. The van der Waals surface area contributed by atoms with E-state index in [-0.39, 0.29) is 6.03 Å². The lowest BCUT2D eigenvalue weighted by molar-refractivity contribution is 0.240. The van der Waals surface area contributed by atoms with Crippen LogP contribution in [0.1, 0.15) is 47.5 Å². The minimum absolute atomic E-state index is 0.160. The Morgan fingerprint density at radius 3 is 3.13 bits per heavy atom. The van der Waals surface area contributed by atoms with E-state index in [2.05, 4.69) is 30.4 Å². The van der Waals surface area contributed by atoms with Crippen molar-refractivity contribution in [2.45, 2.75) is 51.1 Å². The Morgan fingerprint density at radius 2 is 2.26 bits per heavy atom. The van der Waals surface area contributed by atoms with E-state index in [0.717, 1.165) is 36.7 Å². The molecule has 1 fully saturated rings. The molecule has 7 nitrogen and oxygen atoms in total. The van der Waals surface area contributed by atoms with Crippen LogP contribution in [-0.4, -0.2) is 32.3 Å². The third kappa shape index (κ3) is 3.36. The summed E-state index contributed by atoms with van der Waals surface area (Å²) in [5.74, 6) is 2.71. The summed E-state index contributed by atoms with van der Waals surface area (Å²) in [5, 5.41) is 17.3. The van der Waals surface area contributed by atoms with Gasteiger partial charge in [-0.2, -0.15) is 0 Å². The van der Waals surface area contributed by atoms with Crippen LogP contribution in [0.15, 0.2) is 5.38 Å².